The summed E-state index contributed by atoms with van der Waals surface area (Å²) in [6.45, 7) is 0.873. The molecule has 21 heavy (non-hydrogen) atoms. The zero-order valence-corrected chi connectivity index (χ0v) is 12.2. The van der Waals surface area contributed by atoms with Crippen LogP contribution in [0.5, 0.6) is 11.5 Å². The van der Waals surface area contributed by atoms with Crippen molar-refractivity contribution in [3.05, 3.63) is 58.1 Å². The Morgan fingerprint density at radius 3 is 2.10 bits per heavy atom. The van der Waals surface area contributed by atoms with E-state index in [1.54, 1.807) is 12.1 Å². The Morgan fingerprint density at radius 2 is 1.48 bits per heavy atom. The fourth-order valence-corrected chi connectivity index (χ4v) is 2.80. The average molecular weight is 331 g/mol. The van der Waals surface area contributed by atoms with E-state index in [0.29, 0.717) is 35.3 Å². The van der Waals surface area contributed by atoms with Crippen molar-refractivity contribution in [1.29, 1.82) is 0 Å². The van der Waals surface area contributed by atoms with Crippen LogP contribution in [0.4, 0.5) is 8.78 Å². The van der Waals surface area contributed by atoms with Crippen molar-refractivity contribution in [2.75, 3.05) is 13.2 Å². The number of hydrogen-bond donors (Lipinski definition) is 0. The van der Waals surface area contributed by atoms with E-state index in [-0.39, 0.29) is 5.56 Å². The van der Waals surface area contributed by atoms with Crippen molar-refractivity contribution in [2.45, 2.75) is 5.38 Å². The summed E-state index contributed by atoms with van der Waals surface area (Å²) in [5.41, 5.74) is 0.792. The molecule has 0 saturated carbocycles. The summed E-state index contributed by atoms with van der Waals surface area (Å²) in [6, 6.07) is 6.37. The molecule has 1 unspecified atom stereocenters. The molecule has 0 radical (unpaired) electrons. The average Bonchev–Trinajstić information content (AvgIpc) is 2.44. The van der Waals surface area contributed by atoms with E-state index < -0.39 is 17.0 Å². The smallest absolute Gasteiger partial charge is 0.162 e. The lowest BCUT2D eigenvalue weighted by Crippen LogP contribution is -2.15. The van der Waals surface area contributed by atoms with Crippen LogP contribution in [0.1, 0.15) is 16.5 Å². The fourth-order valence-electron chi connectivity index (χ4n) is 2.17. The zero-order valence-electron chi connectivity index (χ0n) is 10.7. The first kappa shape index (κ1) is 14.4. The Kier molecular flexibility index (Phi) is 3.91. The Hall–Kier alpha value is -1.52. The molecule has 2 aromatic rings. The molecule has 0 N–H and O–H groups in total. The summed E-state index contributed by atoms with van der Waals surface area (Å²) in [4.78, 5) is 0. The van der Waals surface area contributed by atoms with E-state index in [9.17, 15) is 8.78 Å². The first-order valence-electron chi connectivity index (χ1n) is 6.23. The molecule has 0 bridgehead atoms. The molecule has 0 aromatic heterocycles. The van der Waals surface area contributed by atoms with Gasteiger partial charge in [-0.1, -0.05) is 11.6 Å². The van der Waals surface area contributed by atoms with Gasteiger partial charge in [-0.05, 0) is 29.3 Å². The largest absolute Gasteiger partial charge is 0.486 e. The lowest BCUT2D eigenvalue weighted by molar-refractivity contribution is 0.171. The molecular formula is C15H10Cl2F2O2. The minimum Gasteiger partial charge on any atom is -0.486 e. The Bertz CT molecular complexity index is 671. The second-order valence-electron chi connectivity index (χ2n) is 4.58. The third kappa shape index (κ3) is 2.92. The molecule has 1 atom stereocenters. The van der Waals surface area contributed by atoms with Gasteiger partial charge in [0.2, 0.25) is 0 Å². The minimum absolute atomic E-state index is 0.285. The maximum absolute atomic E-state index is 13.3. The van der Waals surface area contributed by atoms with Gasteiger partial charge in [-0.2, -0.15) is 0 Å². The van der Waals surface area contributed by atoms with E-state index in [1.165, 1.54) is 12.1 Å². The molecule has 0 spiro atoms. The highest BCUT2D eigenvalue weighted by Gasteiger charge is 2.21. The van der Waals surface area contributed by atoms with Gasteiger partial charge in [0.25, 0.3) is 0 Å². The van der Waals surface area contributed by atoms with Crippen LogP contribution in [-0.4, -0.2) is 13.2 Å². The van der Waals surface area contributed by atoms with Crippen molar-refractivity contribution in [3.63, 3.8) is 0 Å². The molecule has 3 rings (SSSR count). The molecule has 1 heterocycles. The second kappa shape index (κ2) is 5.70. The maximum Gasteiger partial charge on any atom is 0.162 e. The quantitative estimate of drug-likeness (QED) is 0.742. The lowest BCUT2D eigenvalue weighted by atomic mass is 10.0. The molecule has 0 saturated heterocycles. The van der Waals surface area contributed by atoms with Crippen LogP contribution in [0.3, 0.4) is 0 Å². The number of fused-ring (bicyclic) bond motifs is 1. The topological polar surface area (TPSA) is 18.5 Å². The molecule has 110 valence electrons. The highest BCUT2D eigenvalue weighted by Crippen LogP contribution is 2.41. The molecule has 1 aliphatic heterocycles. The van der Waals surface area contributed by atoms with E-state index in [4.69, 9.17) is 32.7 Å². The van der Waals surface area contributed by atoms with Gasteiger partial charge in [-0.25, -0.2) is 8.78 Å². The SMILES string of the molecule is Fc1cc(F)cc(C(Cl)c2cc3c(cc2Cl)OCCO3)c1. The molecule has 0 amide bonds. The molecule has 0 aliphatic carbocycles. The summed E-state index contributed by atoms with van der Waals surface area (Å²) >= 11 is 12.5. The Morgan fingerprint density at radius 1 is 0.905 bits per heavy atom. The number of ether oxygens (including phenoxy) is 2. The third-order valence-electron chi connectivity index (χ3n) is 3.11. The van der Waals surface area contributed by atoms with Crippen molar-refractivity contribution < 1.29 is 18.3 Å². The molecule has 1 aliphatic rings. The maximum atomic E-state index is 13.3. The van der Waals surface area contributed by atoms with Gasteiger partial charge in [0.1, 0.15) is 24.8 Å². The zero-order chi connectivity index (χ0) is 15.0. The van der Waals surface area contributed by atoms with Crippen LogP contribution in [0.2, 0.25) is 5.02 Å². The Labute approximate surface area is 130 Å². The van der Waals surface area contributed by atoms with E-state index in [0.717, 1.165) is 6.07 Å². The van der Waals surface area contributed by atoms with Crippen molar-refractivity contribution in [3.8, 4) is 11.5 Å². The van der Waals surface area contributed by atoms with Gasteiger partial charge < -0.3 is 9.47 Å². The normalized spacial score (nSPS) is 14.9. The predicted octanol–water partition coefficient (Wildman–Crippen LogP) is 4.72. The summed E-state index contributed by atoms with van der Waals surface area (Å²) in [6.07, 6.45) is 0. The van der Waals surface area contributed by atoms with Gasteiger partial charge >= 0.3 is 0 Å². The van der Waals surface area contributed by atoms with Crippen LogP contribution >= 0.6 is 23.2 Å². The van der Waals surface area contributed by atoms with E-state index in [1.807, 2.05) is 0 Å². The Balaban J connectivity index is 2.02. The van der Waals surface area contributed by atoms with Crippen LogP contribution < -0.4 is 9.47 Å². The van der Waals surface area contributed by atoms with Crippen LogP contribution in [0.15, 0.2) is 30.3 Å². The first-order valence-corrected chi connectivity index (χ1v) is 7.05. The summed E-state index contributed by atoms with van der Waals surface area (Å²) in [5, 5.41) is -0.442. The lowest BCUT2D eigenvalue weighted by Gasteiger charge is -2.21. The molecule has 0 fully saturated rings. The first-order chi connectivity index (χ1) is 10.0. The van der Waals surface area contributed by atoms with E-state index >= 15 is 0 Å². The number of halogens is 4. The fraction of sp³-hybridized carbons (Fsp3) is 0.200. The minimum atomic E-state index is -0.793. The van der Waals surface area contributed by atoms with E-state index in [2.05, 4.69) is 0 Å². The second-order valence-corrected chi connectivity index (χ2v) is 5.43. The number of hydrogen-bond acceptors (Lipinski definition) is 2. The summed E-state index contributed by atoms with van der Waals surface area (Å²) in [5.74, 6) is -0.332. The van der Waals surface area contributed by atoms with Crippen LogP contribution in [0.25, 0.3) is 0 Å². The highest BCUT2D eigenvalue weighted by molar-refractivity contribution is 6.33. The standard InChI is InChI=1S/C15H10Cl2F2O2/c16-12-7-14-13(20-1-2-21-14)6-11(12)15(17)8-3-9(18)5-10(19)4-8/h3-7,15H,1-2H2. The third-order valence-corrected chi connectivity index (χ3v) is 3.93. The number of benzene rings is 2. The number of rotatable bonds is 2. The van der Waals surface area contributed by atoms with Crippen LogP contribution in [0, 0.1) is 11.6 Å². The van der Waals surface area contributed by atoms with Gasteiger partial charge in [-0.3, -0.25) is 0 Å². The highest BCUT2D eigenvalue weighted by atomic mass is 35.5. The van der Waals surface area contributed by atoms with Gasteiger partial charge in [0.05, 0.1) is 5.38 Å². The van der Waals surface area contributed by atoms with Gasteiger partial charge in [-0.15, -0.1) is 11.6 Å². The monoisotopic (exact) mass is 330 g/mol. The van der Waals surface area contributed by atoms with Crippen LogP contribution in [-0.2, 0) is 0 Å². The number of alkyl halides is 1. The molecular weight excluding hydrogens is 321 g/mol. The van der Waals surface area contributed by atoms with Crippen molar-refractivity contribution >= 4 is 23.2 Å². The summed E-state index contributed by atoms with van der Waals surface area (Å²) < 4.78 is 37.5. The summed E-state index contributed by atoms with van der Waals surface area (Å²) in [7, 11) is 0. The van der Waals surface area contributed by atoms with Crippen molar-refractivity contribution in [1.82, 2.24) is 0 Å². The predicted molar refractivity (Wildman–Crippen MR) is 76.5 cm³/mol. The molecule has 2 nitrogen and oxygen atoms in total. The van der Waals surface area contributed by atoms with Crippen molar-refractivity contribution in [2.24, 2.45) is 0 Å². The van der Waals surface area contributed by atoms with Gasteiger partial charge in [0.15, 0.2) is 11.5 Å². The van der Waals surface area contributed by atoms with Gasteiger partial charge in [0, 0.05) is 17.2 Å². The molecule has 2 aromatic carbocycles. The molecule has 6 heteroatoms.